The molecule has 0 aromatic rings. The first-order chi connectivity index (χ1) is 5.94. The van der Waals surface area contributed by atoms with Crippen molar-refractivity contribution in [3.05, 3.63) is 0 Å². The van der Waals surface area contributed by atoms with Gasteiger partial charge in [0.25, 0.3) is 0 Å². The van der Waals surface area contributed by atoms with E-state index in [9.17, 15) is 4.79 Å². The third kappa shape index (κ3) is 2.67. The van der Waals surface area contributed by atoms with Gasteiger partial charge in [0, 0.05) is 6.04 Å². The second kappa shape index (κ2) is 3.64. The van der Waals surface area contributed by atoms with Gasteiger partial charge in [-0.25, -0.2) is 4.79 Å². The molecular weight excluding hydrogens is 170 g/mol. The molecule has 0 aromatic heterocycles. The molecule has 1 aliphatic heterocycles. The molecule has 4 heteroatoms. The van der Waals surface area contributed by atoms with Crippen molar-refractivity contribution in [2.45, 2.75) is 44.4 Å². The van der Waals surface area contributed by atoms with E-state index < -0.39 is 6.10 Å². The first-order valence-corrected chi connectivity index (χ1v) is 4.46. The lowest BCUT2D eigenvalue weighted by molar-refractivity contribution is -0.174. The van der Waals surface area contributed by atoms with E-state index in [1.54, 1.807) is 0 Å². The first-order valence-electron chi connectivity index (χ1n) is 4.46. The summed E-state index contributed by atoms with van der Waals surface area (Å²) in [6.07, 6.45) is 0.833. The van der Waals surface area contributed by atoms with Crippen LogP contribution in [0.15, 0.2) is 0 Å². The van der Waals surface area contributed by atoms with E-state index >= 15 is 0 Å². The molecule has 4 nitrogen and oxygen atoms in total. The largest absolute Gasteiger partial charge is 0.467 e. The fraction of sp³-hybridized carbons (Fsp3) is 0.889. The molecule has 76 valence electrons. The van der Waals surface area contributed by atoms with Crippen LogP contribution in [0.5, 0.6) is 0 Å². The van der Waals surface area contributed by atoms with Crippen molar-refractivity contribution in [3.63, 3.8) is 0 Å². The highest BCUT2D eigenvalue weighted by Crippen LogP contribution is 2.27. The quantitative estimate of drug-likeness (QED) is 0.605. The minimum absolute atomic E-state index is 0.0212. The summed E-state index contributed by atoms with van der Waals surface area (Å²) in [7, 11) is 1.36. The van der Waals surface area contributed by atoms with Crippen LogP contribution in [-0.2, 0) is 14.3 Å². The Bertz CT molecular complexity index is 203. The molecule has 0 radical (unpaired) electrons. The van der Waals surface area contributed by atoms with Gasteiger partial charge in [-0.3, -0.25) is 0 Å². The second-order valence-corrected chi connectivity index (χ2v) is 4.09. The normalized spacial score (nSPS) is 32.6. The van der Waals surface area contributed by atoms with Crippen LogP contribution in [0.3, 0.4) is 0 Å². The third-order valence-electron chi connectivity index (χ3n) is 2.20. The number of ether oxygens (including phenoxy) is 2. The third-order valence-corrected chi connectivity index (χ3v) is 2.20. The molecule has 1 rings (SSSR count). The number of esters is 1. The Hall–Kier alpha value is -0.610. The Morgan fingerprint density at radius 3 is 2.69 bits per heavy atom. The Kier molecular flexibility index (Phi) is 2.93. The molecule has 2 N–H and O–H groups in total. The van der Waals surface area contributed by atoms with Gasteiger partial charge in [0.2, 0.25) is 0 Å². The van der Waals surface area contributed by atoms with Gasteiger partial charge >= 0.3 is 5.97 Å². The highest BCUT2D eigenvalue weighted by Gasteiger charge is 2.37. The van der Waals surface area contributed by atoms with Crippen molar-refractivity contribution in [3.8, 4) is 0 Å². The van der Waals surface area contributed by atoms with Crippen LogP contribution in [0.2, 0.25) is 0 Å². The summed E-state index contributed by atoms with van der Waals surface area (Å²) < 4.78 is 10.2. The number of nitrogens with two attached hydrogens (primary N) is 1. The average molecular weight is 187 g/mol. The number of carbonyl (C=O) groups excluding carboxylic acids is 1. The maximum absolute atomic E-state index is 11.2. The Balaban J connectivity index is 2.62. The number of rotatable bonds is 1. The van der Waals surface area contributed by atoms with E-state index in [1.165, 1.54) is 7.11 Å². The summed E-state index contributed by atoms with van der Waals surface area (Å²) in [5.41, 5.74) is 5.48. The molecular formula is C9H17NO3. The fourth-order valence-corrected chi connectivity index (χ4v) is 1.75. The van der Waals surface area contributed by atoms with Crippen molar-refractivity contribution in [1.82, 2.24) is 0 Å². The Labute approximate surface area is 78.4 Å². The van der Waals surface area contributed by atoms with Crippen molar-refractivity contribution in [1.29, 1.82) is 0 Å². The lowest BCUT2D eigenvalue weighted by atomic mass is 9.91. The lowest BCUT2D eigenvalue weighted by Gasteiger charge is -2.37. The summed E-state index contributed by atoms with van der Waals surface area (Å²) in [6, 6.07) is 0.0212. The highest BCUT2D eigenvalue weighted by molar-refractivity contribution is 5.74. The van der Waals surface area contributed by atoms with Crippen molar-refractivity contribution in [2.24, 2.45) is 5.73 Å². The minimum Gasteiger partial charge on any atom is -0.467 e. The summed E-state index contributed by atoms with van der Waals surface area (Å²) in [4.78, 5) is 11.2. The molecule has 0 aliphatic carbocycles. The maximum atomic E-state index is 11.2. The van der Waals surface area contributed by atoms with E-state index in [0.29, 0.717) is 6.42 Å². The Morgan fingerprint density at radius 2 is 2.23 bits per heavy atom. The van der Waals surface area contributed by atoms with Crippen LogP contribution in [0.25, 0.3) is 0 Å². The average Bonchev–Trinajstić information content (AvgIpc) is 1.99. The monoisotopic (exact) mass is 187 g/mol. The summed E-state index contributed by atoms with van der Waals surface area (Å²) in [5, 5.41) is 0. The van der Waals surface area contributed by atoms with Crippen molar-refractivity contribution in [2.75, 3.05) is 7.11 Å². The van der Waals surface area contributed by atoms with Gasteiger partial charge < -0.3 is 15.2 Å². The maximum Gasteiger partial charge on any atom is 0.335 e. The highest BCUT2D eigenvalue weighted by atomic mass is 16.6. The van der Waals surface area contributed by atoms with Crippen LogP contribution in [0.1, 0.15) is 26.7 Å². The molecule has 2 atom stereocenters. The second-order valence-electron chi connectivity index (χ2n) is 4.09. The van der Waals surface area contributed by atoms with Crippen molar-refractivity contribution >= 4 is 5.97 Å². The van der Waals surface area contributed by atoms with Gasteiger partial charge in [-0.15, -0.1) is 0 Å². The molecule has 1 saturated heterocycles. The van der Waals surface area contributed by atoms with Gasteiger partial charge in [0.1, 0.15) is 0 Å². The SMILES string of the molecule is COC(=O)[C@@H]1C[C@@H](N)CC(C)(C)O1. The molecule has 1 heterocycles. The van der Waals surface area contributed by atoms with Crippen molar-refractivity contribution < 1.29 is 14.3 Å². The first kappa shape index (κ1) is 10.5. The fourth-order valence-electron chi connectivity index (χ4n) is 1.75. The summed E-state index contributed by atoms with van der Waals surface area (Å²) in [6.45, 7) is 3.86. The van der Waals surface area contributed by atoms with E-state index in [0.717, 1.165) is 6.42 Å². The smallest absolute Gasteiger partial charge is 0.335 e. The number of hydrogen-bond acceptors (Lipinski definition) is 4. The molecule has 0 spiro atoms. The molecule has 0 bridgehead atoms. The van der Waals surface area contributed by atoms with Crippen LogP contribution in [0, 0.1) is 0 Å². The van der Waals surface area contributed by atoms with E-state index in [1.807, 2.05) is 13.8 Å². The standard InChI is InChI=1S/C9H17NO3/c1-9(2)5-6(10)4-7(13-9)8(11)12-3/h6-7H,4-5,10H2,1-3H3/t6-,7+/m1/s1. The van der Waals surface area contributed by atoms with E-state index in [4.69, 9.17) is 10.5 Å². The lowest BCUT2D eigenvalue weighted by Crippen LogP contribution is -2.48. The molecule has 0 aromatic carbocycles. The number of methoxy groups -OCH3 is 1. The zero-order chi connectivity index (χ0) is 10.1. The molecule has 13 heavy (non-hydrogen) atoms. The Morgan fingerprint density at radius 1 is 1.62 bits per heavy atom. The molecule has 0 unspecified atom stereocenters. The zero-order valence-electron chi connectivity index (χ0n) is 8.37. The van der Waals surface area contributed by atoms with Crippen LogP contribution >= 0.6 is 0 Å². The van der Waals surface area contributed by atoms with Gasteiger partial charge in [-0.2, -0.15) is 0 Å². The number of carbonyl (C=O) groups is 1. The summed E-state index contributed by atoms with van der Waals surface area (Å²) in [5.74, 6) is -0.330. The summed E-state index contributed by atoms with van der Waals surface area (Å²) >= 11 is 0. The van der Waals surface area contributed by atoms with Gasteiger partial charge in [0.05, 0.1) is 12.7 Å². The van der Waals surface area contributed by atoms with Gasteiger partial charge in [0.15, 0.2) is 6.10 Å². The van der Waals surface area contributed by atoms with E-state index in [2.05, 4.69) is 4.74 Å². The molecule has 1 fully saturated rings. The van der Waals surface area contributed by atoms with Crippen LogP contribution in [0.4, 0.5) is 0 Å². The predicted octanol–water partition coefficient (Wildman–Crippen LogP) is 0.444. The van der Waals surface area contributed by atoms with E-state index in [-0.39, 0.29) is 17.6 Å². The molecule has 0 amide bonds. The van der Waals surface area contributed by atoms with Crippen LogP contribution < -0.4 is 5.73 Å². The van der Waals surface area contributed by atoms with Gasteiger partial charge in [-0.1, -0.05) is 0 Å². The van der Waals surface area contributed by atoms with Gasteiger partial charge in [-0.05, 0) is 26.7 Å². The predicted molar refractivity (Wildman–Crippen MR) is 48.2 cm³/mol. The molecule has 0 saturated carbocycles. The minimum atomic E-state index is -0.497. The number of hydrogen-bond donors (Lipinski definition) is 1. The topological polar surface area (TPSA) is 61.5 Å². The van der Waals surface area contributed by atoms with Crippen LogP contribution in [-0.4, -0.2) is 30.8 Å². The zero-order valence-corrected chi connectivity index (χ0v) is 8.37. The molecule has 1 aliphatic rings.